The molecule has 2 atom stereocenters. The van der Waals surface area contributed by atoms with Crippen LogP contribution in [0.2, 0.25) is 10.0 Å². The fourth-order valence-corrected chi connectivity index (χ4v) is 3.77. The number of fused-ring (bicyclic) bond motifs is 1. The molecule has 1 aliphatic rings. The average Bonchev–Trinajstić information content (AvgIpc) is 2.61. The van der Waals surface area contributed by atoms with Gasteiger partial charge in [0.15, 0.2) is 0 Å². The topological polar surface area (TPSA) is 58.6 Å². The van der Waals surface area contributed by atoms with E-state index in [2.05, 4.69) is 5.32 Å². The first-order chi connectivity index (χ1) is 13.5. The van der Waals surface area contributed by atoms with Crippen molar-refractivity contribution in [1.82, 2.24) is 5.32 Å². The Morgan fingerprint density at radius 3 is 2.52 bits per heavy atom. The van der Waals surface area contributed by atoms with Gasteiger partial charge in [-0.3, -0.25) is 4.79 Å². The van der Waals surface area contributed by atoms with Crippen LogP contribution in [0.5, 0.6) is 0 Å². The first-order valence-electron chi connectivity index (χ1n) is 9.41. The van der Waals surface area contributed by atoms with Gasteiger partial charge in [-0.1, -0.05) is 41.4 Å². The molecule has 1 heterocycles. The molecule has 2 amide bonds. The molecule has 2 aromatic carbocycles. The lowest BCUT2D eigenvalue weighted by Gasteiger charge is -2.38. The molecule has 0 fully saturated rings. The summed E-state index contributed by atoms with van der Waals surface area (Å²) < 4.78 is 5.33. The number of nitrogens with zero attached hydrogens (tertiary/aromatic N) is 1. The third kappa shape index (κ3) is 5.03. The van der Waals surface area contributed by atoms with E-state index in [1.165, 1.54) is 0 Å². The van der Waals surface area contributed by atoms with E-state index in [0.717, 1.165) is 16.8 Å². The monoisotopic (exact) mass is 434 g/mol. The van der Waals surface area contributed by atoms with E-state index in [9.17, 15) is 9.59 Å². The van der Waals surface area contributed by atoms with Crippen molar-refractivity contribution in [3.05, 3.63) is 63.6 Å². The van der Waals surface area contributed by atoms with Crippen LogP contribution in [-0.4, -0.2) is 23.6 Å². The van der Waals surface area contributed by atoms with Crippen LogP contribution in [0.25, 0.3) is 0 Å². The molecule has 29 heavy (non-hydrogen) atoms. The van der Waals surface area contributed by atoms with Gasteiger partial charge >= 0.3 is 6.09 Å². The number of carbonyl (C=O) groups is 2. The summed E-state index contributed by atoms with van der Waals surface area (Å²) in [5, 5.41) is 3.85. The predicted molar refractivity (Wildman–Crippen MR) is 116 cm³/mol. The summed E-state index contributed by atoms with van der Waals surface area (Å²) in [6, 6.07) is 11.8. The normalized spacial score (nSPS) is 17.5. The molecule has 1 aliphatic heterocycles. The van der Waals surface area contributed by atoms with Crippen molar-refractivity contribution in [2.75, 3.05) is 4.90 Å². The molecule has 0 radical (unpaired) electrons. The van der Waals surface area contributed by atoms with Gasteiger partial charge in [-0.25, -0.2) is 4.79 Å². The maximum absolute atomic E-state index is 13.4. The summed E-state index contributed by atoms with van der Waals surface area (Å²) >= 11 is 12.4. The Hall–Kier alpha value is -2.24. The van der Waals surface area contributed by atoms with Crippen molar-refractivity contribution in [3.8, 4) is 0 Å². The molecule has 154 valence electrons. The van der Waals surface area contributed by atoms with Crippen molar-refractivity contribution < 1.29 is 14.3 Å². The highest BCUT2D eigenvalue weighted by Gasteiger charge is 2.37. The molecule has 0 spiro atoms. The number of hydrogen-bond donors (Lipinski definition) is 1. The van der Waals surface area contributed by atoms with Crippen molar-refractivity contribution in [3.63, 3.8) is 0 Å². The molecule has 0 saturated carbocycles. The SMILES string of the molecule is C[C@@H](c1cccc(Cl)c1)N1C(=O)[C@H](NC(=O)OC(C)(C)C)Cc2ccc(Cl)cc21. The minimum absolute atomic E-state index is 0.224. The number of rotatable bonds is 3. The number of ether oxygens (including phenoxy) is 1. The minimum atomic E-state index is -0.736. The molecule has 3 rings (SSSR count). The Kier molecular flexibility index (Phi) is 6.11. The van der Waals surface area contributed by atoms with E-state index in [0.29, 0.717) is 16.5 Å². The number of benzene rings is 2. The van der Waals surface area contributed by atoms with Crippen LogP contribution in [0.3, 0.4) is 0 Å². The molecule has 0 unspecified atom stereocenters. The van der Waals surface area contributed by atoms with Crippen LogP contribution in [0, 0.1) is 0 Å². The maximum Gasteiger partial charge on any atom is 0.408 e. The lowest BCUT2D eigenvalue weighted by Crippen LogP contribution is -2.54. The Labute approximate surface area is 180 Å². The van der Waals surface area contributed by atoms with E-state index in [1.54, 1.807) is 43.9 Å². The third-order valence-corrected chi connectivity index (χ3v) is 5.15. The van der Waals surface area contributed by atoms with Gasteiger partial charge in [-0.15, -0.1) is 0 Å². The predicted octanol–water partition coefficient (Wildman–Crippen LogP) is 5.54. The summed E-state index contributed by atoms with van der Waals surface area (Å²) in [6.07, 6.45) is -0.257. The van der Waals surface area contributed by atoms with Crippen LogP contribution in [-0.2, 0) is 16.0 Å². The van der Waals surface area contributed by atoms with Gasteiger partial charge in [0.2, 0.25) is 0 Å². The van der Waals surface area contributed by atoms with E-state index < -0.39 is 17.7 Å². The van der Waals surface area contributed by atoms with Crippen molar-refractivity contribution >= 4 is 40.9 Å². The summed E-state index contributed by atoms with van der Waals surface area (Å²) in [7, 11) is 0. The largest absolute Gasteiger partial charge is 0.444 e. The number of carbonyl (C=O) groups excluding carboxylic acids is 2. The van der Waals surface area contributed by atoms with Crippen LogP contribution < -0.4 is 10.2 Å². The highest BCUT2D eigenvalue weighted by atomic mass is 35.5. The second-order valence-electron chi connectivity index (χ2n) is 8.12. The maximum atomic E-state index is 13.4. The molecule has 0 saturated heterocycles. The van der Waals surface area contributed by atoms with Gasteiger partial charge in [-0.2, -0.15) is 0 Å². The second kappa shape index (κ2) is 8.25. The van der Waals surface area contributed by atoms with Crippen molar-refractivity contribution in [1.29, 1.82) is 0 Å². The Morgan fingerprint density at radius 1 is 1.17 bits per heavy atom. The molecule has 2 aromatic rings. The Morgan fingerprint density at radius 2 is 1.86 bits per heavy atom. The fraction of sp³-hybridized carbons (Fsp3) is 0.364. The Balaban J connectivity index is 1.96. The van der Waals surface area contributed by atoms with Crippen molar-refractivity contribution in [2.45, 2.75) is 51.8 Å². The van der Waals surface area contributed by atoms with Crippen molar-refractivity contribution in [2.24, 2.45) is 0 Å². The summed E-state index contributed by atoms with van der Waals surface area (Å²) in [5.41, 5.74) is 1.89. The van der Waals surface area contributed by atoms with Gasteiger partial charge in [0.1, 0.15) is 11.6 Å². The molecular formula is C22H24Cl2N2O3. The second-order valence-corrected chi connectivity index (χ2v) is 8.99. The number of alkyl carbamates (subject to hydrolysis) is 1. The summed E-state index contributed by atoms with van der Waals surface area (Å²) in [4.78, 5) is 27.3. The standard InChI is InChI=1S/C22H24Cl2N2O3/c1-13(14-6-5-7-16(23)10-14)26-19-12-17(24)9-8-15(19)11-18(20(26)27)25-21(28)29-22(2,3)4/h5-10,12-13,18H,11H2,1-4H3,(H,25,28)/t13-,18+/m0/s1. The number of amides is 2. The number of halogens is 2. The zero-order valence-electron chi connectivity index (χ0n) is 16.8. The number of anilines is 1. The van der Waals surface area contributed by atoms with E-state index in [1.807, 2.05) is 31.2 Å². The van der Waals surface area contributed by atoms with Gasteiger partial charge in [-0.05, 0) is 63.1 Å². The third-order valence-electron chi connectivity index (χ3n) is 4.68. The Bertz CT molecular complexity index is 940. The quantitative estimate of drug-likeness (QED) is 0.689. The summed E-state index contributed by atoms with van der Waals surface area (Å²) in [6.45, 7) is 7.25. The van der Waals surface area contributed by atoms with E-state index in [-0.39, 0.29) is 11.9 Å². The van der Waals surface area contributed by atoms with Gasteiger partial charge < -0.3 is 15.0 Å². The molecular weight excluding hydrogens is 411 g/mol. The van der Waals surface area contributed by atoms with Crippen LogP contribution in [0.1, 0.15) is 44.9 Å². The van der Waals surface area contributed by atoms with Gasteiger partial charge in [0.25, 0.3) is 5.91 Å². The zero-order valence-corrected chi connectivity index (χ0v) is 18.3. The first kappa shape index (κ1) is 21.5. The van der Waals surface area contributed by atoms with E-state index >= 15 is 0 Å². The fourth-order valence-electron chi connectivity index (χ4n) is 3.41. The molecule has 0 bridgehead atoms. The van der Waals surface area contributed by atoms with Crippen LogP contribution >= 0.6 is 23.2 Å². The highest BCUT2D eigenvalue weighted by molar-refractivity contribution is 6.31. The molecule has 0 aromatic heterocycles. The first-order valence-corrected chi connectivity index (χ1v) is 10.2. The number of nitrogens with one attached hydrogen (secondary N) is 1. The smallest absolute Gasteiger partial charge is 0.408 e. The lowest BCUT2D eigenvalue weighted by atomic mass is 9.94. The van der Waals surface area contributed by atoms with Crippen LogP contribution in [0.4, 0.5) is 10.5 Å². The van der Waals surface area contributed by atoms with Gasteiger partial charge in [0.05, 0.1) is 6.04 Å². The zero-order chi connectivity index (χ0) is 21.3. The highest BCUT2D eigenvalue weighted by Crippen LogP contribution is 2.37. The van der Waals surface area contributed by atoms with Crippen LogP contribution in [0.15, 0.2) is 42.5 Å². The lowest BCUT2D eigenvalue weighted by molar-refractivity contribution is -0.121. The van der Waals surface area contributed by atoms with E-state index in [4.69, 9.17) is 27.9 Å². The molecule has 0 aliphatic carbocycles. The number of hydrogen-bond acceptors (Lipinski definition) is 3. The molecule has 7 heteroatoms. The molecule has 5 nitrogen and oxygen atoms in total. The average molecular weight is 435 g/mol. The minimum Gasteiger partial charge on any atom is -0.444 e. The van der Waals surface area contributed by atoms with Gasteiger partial charge in [0, 0.05) is 22.2 Å². The summed E-state index contributed by atoms with van der Waals surface area (Å²) in [5.74, 6) is -0.224. The molecule has 1 N–H and O–H groups in total.